The Hall–Kier alpha value is -3.86. The monoisotopic (exact) mass is 395 g/mol. The molecule has 0 bridgehead atoms. The van der Waals surface area contributed by atoms with Crippen molar-refractivity contribution in [2.24, 2.45) is 4.99 Å². The molecule has 5 rings (SSSR count). The van der Waals surface area contributed by atoms with Crippen LogP contribution in [-0.4, -0.2) is 24.1 Å². The SMILES string of the molecule is c1ccc(COc2cccc(-c3cc(-c4ccc(C5=NCCN5)cc4)no3)c2)cc1. The minimum atomic E-state index is 0.526. The first-order valence-corrected chi connectivity index (χ1v) is 9.98. The van der Waals surface area contributed by atoms with Crippen LogP contribution in [0, 0.1) is 0 Å². The lowest BCUT2D eigenvalue weighted by Gasteiger charge is -2.07. The molecule has 0 spiro atoms. The topological polar surface area (TPSA) is 59.6 Å². The van der Waals surface area contributed by atoms with Crippen molar-refractivity contribution in [3.05, 3.63) is 96.1 Å². The van der Waals surface area contributed by atoms with Crippen LogP contribution in [-0.2, 0) is 6.61 Å². The number of ether oxygens (including phenoxy) is 1. The molecule has 1 aliphatic heterocycles. The lowest BCUT2D eigenvalue weighted by molar-refractivity contribution is 0.306. The van der Waals surface area contributed by atoms with E-state index >= 15 is 0 Å². The quantitative estimate of drug-likeness (QED) is 0.502. The lowest BCUT2D eigenvalue weighted by atomic mass is 10.1. The Morgan fingerprint density at radius 2 is 1.67 bits per heavy atom. The highest BCUT2D eigenvalue weighted by Crippen LogP contribution is 2.28. The zero-order valence-corrected chi connectivity index (χ0v) is 16.4. The largest absolute Gasteiger partial charge is 0.489 e. The number of benzene rings is 3. The van der Waals surface area contributed by atoms with E-state index in [1.54, 1.807) is 0 Å². The number of nitrogens with zero attached hydrogens (tertiary/aromatic N) is 2. The van der Waals surface area contributed by atoms with Gasteiger partial charge in [-0.25, -0.2) is 0 Å². The minimum Gasteiger partial charge on any atom is -0.489 e. The summed E-state index contributed by atoms with van der Waals surface area (Å²) in [5.41, 5.74) is 4.95. The molecule has 4 aromatic rings. The molecule has 3 aromatic carbocycles. The predicted octanol–water partition coefficient (Wildman–Crippen LogP) is 4.94. The summed E-state index contributed by atoms with van der Waals surface area (Å²) < 4.78 is 11.5. The molecule has 1 aliphatic rings. The fourth-order valence-electron chi connectivity index (χ4n) is 3.42. The molecular weight excluding hydrogens is 374 g/mol. The van der Waals surface area contributed by atoms with Crippen molar-refractivity contribution in [1.29, 1.82) is 0 Å². The number of aliphatic imine (C=N–C) groups is 1. The Morgan fingerprint density at radius 3 is 2.47 bits per heavy atom. The number of aromatic nitrogens is 1. The standard InChI is InChI=1S/C25H21N3O2/c1-2-5-18(6-3-1)17-29-22-8-4-7-21(15-22)24-16-23(28-30-24)19-9-11-20(12-10-19)25-26-13-14-27-25/h1-12,15-16H,13-14,17H2,(H,26,27). The van der Waals surface area contributed by atoms with E-state index in [9.17, 15) is 0 Å². The zero-order valence-electron chi connectivity index (χ0n) is 16.4. The Kier molecular flexibility index (Phi) is 5.00. The van der Waals surface area contributed by atoms with E-state index in [0.717, 1.165) is 52.6 Å². The fourth-order valence-corrected chi connectivity index (χ4v) is 3.42. The average Bonchev–Trinajstić information content (AvgIpc) is 3.51. The second-order valence-electron chi connectivity index (χ2n) is 7.11. The van der Waals surface area contributed by atoms with Gasteiger partial charge in [0, 0.05) is 29.3 Å². The number of hydrogen-bond donors (Lipinski definition) is 1. The summed E-state index contributed by atoms with van der Waals surface area (Å²) >= 11 is 0. The molecule has 30 heavy (non-hydrogen) atoms. The molecule has 0 amide bonds. The maximum atomic E-state index is 5.93. The van der Waals surface area contributed by atoms with Crippen molar-refractivity contribution in [2.45, 2.75) is 6.61 Å². The summed E-state index contributed by atoms with van der Waals surface area (Å²) in [6, 6.07) is 28.1. The van der Waals surface area contributed by atoms with Crippen LogP contribution in [0.15, 0.2) is 94.4 Å². The van der Waals surface area contributed by atoms with E-state index in [-0.39, 0.29) is 0 Å². The van der Waals surface area contributed by atoms with Crippen LogP contribution in [0.5, 0.6) is 5.75 Å². The molecule has 5 heteroatoms. The van der Waals surface area contributed by atoms with Gasteiger partial charge in [0.1, 0.15) is 23.9 Å². The molecule has 5 nitrogen and oxygen atoms in total. The highest BCUT2D eigenvalue weighted by Gasteiger charge is 2.12. The van der Waals surface area contributed by atoms with Gasteiger partial charge < -0.3 is 14.6 Å². The van der Waals surface area contributed by atoms with Gasteiger partial charge in [-0.3, -0.25) is 4.99 Å². The summed E-state index contributed by atoms with van der Waals surface area (Å²) in [4.78, 5) is 4.45. The summed E-state index contributed by atoms with van der Waals surface area (Å²) in [5.74, 6) is 2.46. The maximum absolute atomic E-state index is 5.93. The minimum absolute atomic E-state index is 0.526. The molecule has 1 N–H and O–H groups in total. The third-order valence-electron chi connectivity index (χ3n) is 5.01. The summed E-state index contributed by atoms with van der Waals surface area (Å²) in [6.07, 6.45) is 0. The van der Waals surface area contributed by atoms with Gasteiger partial charge in [0.2, 0.25) is 0 Å². The second-order valence-corrected chi connectivity index (χ2v) is 7.11. The lowest BCUT2D eigenvalue weighted by Crippen LogP contribution is -2.19. The van der Waals surface area contributed by atoms with E-state index in [1.165, 1.54) is 0 Å². The van der Waals surface area contributed by atoms with E-state index in [4.69, 9.17) is 9.26 Å². The second kappa shape index (κ2) is 8.25. The van der Waals surface area contributed by atoms with Crippen molar-refractivity contribution >= 4 is 5.84 Å². The van der Waals surface area contributed by atoms with Crippen molar-refractivity contribution in [2.75, 3.05) is 13.1 Å². The van der Waals surface area contributed by atoms with E-state index in [0.29, 0.717) is 12.4 Å². The Bertz CT molecular complexity index is 1160. The fraction of sp³-hybridized carbons (Fsp3) is 0.120. The molecule has 148 valence electrons. The number of rotatable bonds is 6. The Labute approximate surface area is 175 Å². The highest BCUT2D eigenvalue weighted by atomic mass is 16.5. The van der Waals surface area contributed by atoms with Crippen molar-refractivity contribution < 1.29 is 9.26 Å². The smallest absolute Gasteiger partial charge is 0.167 e. The molecule has 0 unspecified atom stereocenters. The van der Waals surface area contributed by atoms with E-state index in [1.807, 2.05) is 72.8 Å². The zero-order chi connectivity index (χ0) is 20.2. The van der Waals surface area contributed by atoms with Gasteiger partial charge in [-0.05, 0) is 17.7 Å². The van der Waals surface area contributed by atoms with Crippen LogP contribution in [0.3, 0.4) is 0 Å². The van der Waals surface area contributed by atoms with Gasteiger partial charge in [0.25, 0.3) is 0 Å². The van der Waals surface area contributed by atoms with Gasteiger partial charge in [-0.15, -0.1) is 0 Å². The number of nitrogens with one attached hydrogen (secondary N) is 1. The van der Waals surface area contributed by atoms with Crippen molar-refractivity contribution in [3.63, 3.8) is 0 Å². The summed E-state index contributed by atoms with van der Waals surface area (Å²) in [6.45, 7) is 2.26. The summed E-state index contributed by atoms with van der Waals surface area (Å²) in [5, 5.41) is 7.54. The predicted molar refractivity (Wildman–Crippen MR) is 118 cm³/mol. The van der Waals surface area contributed by atoms with Crippen LogP contribution < -0.4 is 10.1 Å². The molecule has 0 saturated heterocycles. The van der Waals surface area contributed by atoms with Gasteiger partial charge >= 0.3 is 0 Å². The van der Waals surface area contributed by atoms with E-state index in [2.05, 4.69) is 27.6 Å². The van der Waals surface area contributed by atoms with Gasteiger partial charge in [-0.2, -0.15) is 0 Å². The first-order valence-electron chi connectivity index (χ1n) is 9.98. The van der Waals surface area contributed by atoms with Crippen LogP contribution in [0.4, 0.5) is 0 Å². The molecule has 0 aliphatic carbocycles. The van der Waals surface area contributed by atoms with Crippen LogP contribution in [0.2, 0.25) is 0 Å². The molecular formula is C25H21N3O2. The molecule has 2 heterocycles. The van der Waals surface area contributed by atoms with Crippen LogP contribution in [0.1, 0.15) is 11.1 Å². The van der Waals surface area contributed by atoms with Crippen molar-refractivity contribution in [1.82, 2.24) is 10.5 Å². The van der Waals surface area contributed by atoms with E-state index < -0.39 is 0 Å². The summed E-state index contributed by atoms with van der Waals surface area (Å²) in [7, 11) is 0. The van der Waals surface area contributed by atoms with Gasteiger partial charge in [-0.1, -0.05) is 71.9 Å². The number of hydrogen-bond acceptors (Lipinski definition) is 5. The average molecular weight is 395 g/mol. The van der Waals surface area contributed by atoms with Crippen LogP contribution >= 0.6 is 0 Å². The highest BCUT2D eigenvalue weighted by molar-refractivity contribution is 6.00. The van der Waals surface area contributed by atoms with Crippen molar-refractivity contribution in [3.8, 4) is 28.3 Å². The van der Waals surface area contributed by atoms with Gasteiger partial charge in [0.05, 0.1) is 6.54 Å². The third-order valence-corrected chi connectivity index (χ3v) is 5.01. The Morgan fingerprint density at radius 1 is 0.833 bits per heavy atom. The molecule has 0 fully saturated rings. The third kappa shape index (κ3) is 3.96. The Balaban J connectivity index is 1.31. The molecule has 0 radical (unpaired) electrons. The normalized spacial score (nSPS) is 13.0. The molecule has 0 atom stereocenters. The first-order chi connectivity index (χ1) is 14.8. The maximum Gasteiger partial charge on any atom is 0.167 e. The molecule has 0 saturated carbocycles. The van der Waals surface area contributed by atoms with Crippen LogP contribution in [0.25, 0.3) is 22.6 Å². The molecule has 1 aromatic heterocycles. The number of amidine groups is 1. The van der Waals surface area contributed by atoms with Gasteiger partial charge in [0.15, 0.2) is 5.76 Å². The first kappa shape index (κ1) is 18.2.